The van der Waals surface area contributed by atoms with Crippen LogP contribution in [0.25, 0.3) is 0 Å². The highest BCUT2D eigenvalue weighted by Gasteiger charge is 2.36. The van der Waals surface area contributed by atoms with E-state index in [1.165, 1.54) is 0 Å². The zero-order valence-corrected chi connectivity index (χ0v) is 11.8. The summed E-state index contributed by atoms with van der Waals surface area (Å²) in [6.45, 7) is 0.114. The Morgan fingerprint density at radius 1 is 0.957 bits per heavy atom. The van der Waals surface area contributed by atoms with Crippen LogP contribution in [0.1, 0.15) is 23.1 Å². The topological polar surface area (TPSA) is 67.1 Å². The van der Waals surface area contributed by atoms with Crippen LogP contribution >= 0.6 is 0 Å². The Morgan fingerprint density at radius 3 is 1.91 bits per heavy atom. The number of carbonyl (C=O) groups is 1. The Hall–Kier alpha value is -1.97. The molecule has 4 nitrogen and oxygen atoms in total. The van der Waals surface area contributed by atoms with E-state index in [0.717, 1.165) is 0 Å². The molecule has 0 saturated heterocycles. The average Bonchev–Trinajstić information content (AvgIpc) is 2.43. The molecule has 0 spiro atoms. The van der Waals surface area contributed by atoms with Crippen molar-refractivity contribution in [3.63, 3.8) is 0 Å². The number of nitrogens with two attached hydrogens (primary N) is 1. The molecule has 0 atom stereocenters. The summed E-state index contributed by atoms with van der Waals surface area (Å²) >= 11 is 0. The van der Waals surface area contributed by atoms with Crippen LogP contribution in [-0.2, 0) is 18.9 Å². The van der Waals surface area contributed by atoms with Gasteiger partial charge in [0.05, 0.1) is 11.1 Å². The molecule has 0 unspecified atom stereocenters. The number of nitrogens with one attached hydrogen (secondary N) is 2. The largest absolute Gasteiger partial charge is 0.416 e. The van der Waals surface area contributed by atoms with Crippen molar-refractivity contribution < 1.29 is 31.1 Å². The van der Waals surface area contributed by atoms with E-state index in [4.69, 9.17) is 5.73 Å². The lowest BCUT2D eigenvalue weighted by Crippen LogP contribution is -2.36. The van der Waals surface area contributed by atoms with E-state index in [9.17, 15) is 31.1 Å². The van der Waals surface area contributed by atoms with Crippen molar-refractivity contribution in [2.24, 2.45) is 5.73 Å². The Bertz CT molecular complexity index is 509. The average molecular weight is 343 g/mol. The minimum Gasteiger partial charge on any atom is -0.338 e. The number of alkyl halides is 6. The molecule has 0 aliphatic carbocycles. The van der Waals surface area contributed by atoms with Crippen molar-refractivity contribution in [1.29, 1.82) is 0 Å². The van der Waals surface area contributed by atoms with Crippen molar-refractivity contribution in [1.82, 2.24) is 10.6 Å². The smallest absolute Gasteiger partial charge is 0.338 e. The predicted molar refractivity (Wildman–Crippen MR) is 70.4 cm³/mol. The summed E-state index contributed by atoms with van der Waals surface area (Å²) in [6.07, 6.45) is -9.34. The third kappa shape index (κ3) is 6.35. The Morgan fingerprint density at radius 2 is 1.48 bits per heavy atom. The van der Waals surface area contributed by atoms with Gasteiger partial charge in [0, 0.05) is 13.1 Å². The zero-order valence-electron chi connectivity index (χ0n) is 11.8. The fourth-order valence-electron chi connectivity index (χ4n) is 1.67. The molecule has 0 heterocycles. The van der Waals surface area contributed by atoms with E-state index in [-0.39, 0.29) is 18.2 Å². The second-order valence-corrected chi connectivity index (χ2v) is 4.67. The molecule has 23 heavy (non-hydrogen) atoms. The summed E-state index contributed by atoms with van der Waals surface area (Å²) in [4.78, 5) is 11.3. The summed E-state index contributed by atoms with van der Waals surface area (Å²) in [6, 6.07) is 0.458. The second-order valence-electron chi connectivity index (χ2n) is 4.67. The summed E-state index contributed by atoms with van der Waals surface area (Å²) in [5, 5.41) is 4.56. The predicted octanol–water partition coefficient (Wildman–Crippen LogP) is 2.87. The highest BCUT2D eigenvalue weighted by Crippen LogP contribution is 2.36. The fraction of sp³-hybridized carbons (Fsp3) is 0.462. The summed E-state index contributed by atoms with van der Waals surface area (Å²) in [5.41, 5.74) is 2.06. The monoisotopic (exact) mass is 343 g/mol. The number of halogens is 6. The van der Waals surface area contributed by atoms with Crippen LogP contribution in [0, 0.1) is 0 Å². The van der Waals surface area contributed by atoms with Crippen LogP contribution in [0.15, 0.2) is 18.2 Å². The van der Waals surface area contributed by atoms with E-state index < -0.39 is 36.1 Å². The highest BCUT2D eigenvalue weighted by atomic mass is 19.4. The lowest BCUT2D eigenvalue weighted by molar-refractivity contribution is -0.143. The minimum absolute atomic E-state index is 0.0326. The van der Waals surface area contributed by atoms with Gasteiger partial charge in [-0.3, -0.25) is 0 Å². The molecule has 0 aliphatic rings. The van der Waals surface area contributed by atoms with E-state index in [1.54, 1.807) is 0 Å². The maximum atomic E-state index is 12.7. The molecule has 0 radical (unpaired) electrons. The zero-order chi connectivity index (χ0) is 17.7. The third-order valence-corrected chi connectivity index (χ3v) is 2.77. The van der Waals surface area contributed by atoms with Crippen molar-refractivity contribution in [2.45, 2.75) is 25.3 Å². The number of hydrogen-bond acceptors (Lipinski definition) is 2. The summed E-state index contributed by atoms with van der Waals surface area (Å²) < 4.78 is 76.0. The van der Waals surface area contributed by atoms with Gasteiger partial charge < -0.3 is 16.4 Å². The van der Waals surface area contributed by atoms with Crippen LogP contribution < -0.4 is 16.4 Å². The SMILES string of the molecule is NCCCNC(=O)NCc1cc(C(F)(F)F)cc(C(F)(F)F)c1. The molecule has 4 N–H and O–H groups in total. The molecule has 0 fully saturated rings. The molecule has 0 bridgehead atoms. The summed E-state index contributed by atoms with van der Waals surface area (Å²) in [7, 11) is 0. The molecule has 1 aromatic carbocycles. The van der Waals surface area contributed by atoms with Crippen LogP contribution in [0.4, 0.5) is 31.1 Å². The normalized spacial score (nSPS) is 12.1. The number of carbonyl (C=O) groups excluding carboxylic acids is 1. The molecular weight excluding hydrogens is 328 g/mol. The lowest BCUT2D eigenvalue weighted by Gasteiger charge is -2.14. The van der Waals surface area contributed by atoms with Crippen LogP contribution in [0.2, 0.25) is 0 Å². The quantitative estimate of drug-likeness (QED) is 0.568. The number of rotatable bonds is 5. The molecule has 10 heteroatoms. The molecule has 1 aromatic rings. The van der Waals surface area contributed by atoms with Gasteiger partial charge in [0.1, 0.15) is 0 Å². The minimum atomic E-state index is -4.92. The molecule has 1 rings (SSSR count). The Labute approximate surface area is 128 Å². The van der Waals surface area contributed by atoms with Gasteiger partial charge in [-0.1, -0.05) is 0 Å². The van der Waals surface area contributed by atoms with Gasteiger partial charge >= 0.3 is 18.4 Å². The first-order valence-corrected chi connectivity index (χ1v) is 6.54. The van der Waals surface area contributed by atoms with Gasteiger partial charge in [0.25, 0.3) is 0 Å². The lowest BCUT2D eigenvalue weighted by atomic mass is 10.0. The first-order valence-electron chi connectivity index (χ1n) is 6.54. The van der Waals surface area contributed by atoms with Crippen molar-refractivity contribution >= 4 is 6.03 Å². The maximum Gasteiger partial charge on any atom is 0.416 e. The number of benzene rings is 1. The Balaban J connectivity index is 2.87. The fourth-order valence-corrected chi connectivity index (χ4v) is 1.67. The number of urea groups is 1. The first-order chi connectivity index (χ1) is 10.5. The van der Waals surface area contributed by atoms with E-state index >= 15 is 0 Å². The first kappa shape index (κ1) is 19.1. The van der Waals surface area contributed by atoms with Gasteiger partial charge in [-0.15, -0.1) is 0 Å². The van der Waals surface area contributed by atoms with Gasteiger partial charge in [-0.2, -0.15) is 26.3 Å². The molecule has 0 aromatic heterocycles. The molecule has 2 amide bonds. The maximum absolute atomic E-state index is 12.7. The van der Waals surface area contributed by atoms with Gasteiger partial charge in [0.15, 0.2) is 0 Å². The molecular formula is C13H15F6N3O. The van der Waals surface area contributed by atoms with E-state index in [0.29, 0.717) is 25.1 Å². The van der Waals surface area contributed by atoms with Crippen molar-refractivity contribution in [2.75, 3.05) is 13.1 Å². The summed E-state index contributed by atoms with van der Waals surface area (Å²) in [5.74, 6) is 0. The van der Waals surface area contributed by atoms with Crippen molar-refractivity contribution in [3.05, 3.63) is 34.9 Å². The van der Waals surface area contributed by atoms with Crippen LogP contribution in [0.5, 0.6) is 0 Å². The second kappa shape index (κ2) is 7.53. The van der Waals surface area contributed by atoms with Crippen LogP contribution in [-0.4, -0.2) is 19.1 Å². The third-order valence-electron chi connectivity index (χ3n) is 2.77. The van der Waals surface area contributed by atoms with Gasteiger partial charge in [-0.25, -0.2) is 4.79 Å². The van der Waals surface area contributed by atoms with Crippen LogP contribution in [0.3, 0.4) is 0 Å². The van der Waals surface area contributed by atoms with E-state index in [1.807, 2.05) is 0 Å². The number of hydrogen-bond donors (Lipinski definition) is 3. The van der Waals surface area contributed by atoms with Gasteiger partial charge in [-0.05, 0) is 36.7 Å². The highest BCUT2D eigenvalue weighted by molar-refractivity contribution is 5.73. The van der Waals surface area contributed by atoms with E-state index in [2.05, 4.69) is 10.6 Å². The Kier molecular flexibility index (Phi) is 6.25. The standard InChI is InChI=1S/C13H15F6N3O/c14-12(15,16)9-4-8(5-10(6-9)13(17,18)19)7-22-11(23)21-3-1-2-20/h4-6H,1-3,7,20H2,(H2,21,22,23). The number of amides is 2. The molecule has 130 valence electrons. The molecule has 0 aliphatic heterocycles. The van der Waals surface area contributed by atoms with Gasteiger partial charge in [0.2, 0.25) is 0 Å². The van der Waals surface area contributed by atoms with Crippen molar-refractivity contribution in [3.8, 4) is 0 Å². The molecule has 0 saturated carbocycles.